The lowest BCUT2D eigenvalue weighted by molar-refractivity contribution is 0.873. The second kappa shape index (κ2) is 3.24. The van der Waals surface area contributed by atoms with Crippen molar-refractivity contribution in [3.63, 3.8) is 0 Å². The Morgan fingerprint density at radius 3 is 2.71 bits per heavy atom. The van der Waals surface area contributed by atoms with E-state index in [0.717, 1.165) is 20.8 Å². The van der Waals surface area contributed by atoms with Crippen LogP contribution in [0, 0.1) is 6.92 Å². The Kier molecular flexibility index (Phi) is 2.19. The molecule has 2 nitrogen and oxygen atoms in total. The Balaban J connectivity index is 3.03. The van der Waals surface area contributed by atoms with E-state index in [4.69, 9.17) is 0 Å². The molecule has 2 aromatic rings. The van der Waals surface area contributed by atoms with E-state index < -0.39 is 0 Å². The lowest BCUT2D eigenvalue weighted by Gasteiger charge is -2.04. The minimum absolute atomic E-state index is 0.0481. The number of fused-ring (bicyclic) bond motifs is 1. The molecule has 1 heterocycles. The molecule has 0 aliphatic carbocycles. The van der Waals surface area contributed by atoms with Crippen molar-refractivity contribution in [2.75, 3.05) is 0 Å². The number of hydrogen-bond acceptors (Lipinski definition) is 1. The fourth-order valence-electron chi connectivity index (χ4n) is 1.54. The molecular formula is C11H10BrNO. The van der Waals surface area contributed by atoms with E-state index in [0.29, 0.717) is 0 Å². The highest BCUT2D eigenvalue weighted by Gasteiger charge is 2.04. The predicted molar refractivity (Wildman–Crippen MR) is 61.6 cm³/mol. The molecule has 0 spiro atoms. The number of benzene rings is 1. The van der Waals surface area contributed by atoms with Gasteiger partial charge in [0.05, 0.1) is 0 Å². The van der Waals surface area contributed by atoms with Gasteiger partial charge in [0.15, 0.2) is 0 Å². The van der Waals surface area contributed by atoms with E-state index in [1.807, 2.05) is 25.1 Å². The minimum atomic E-state index is 0.0481. The summed E-state index contributed by atoms with van der Waals surface area (Å²) in [5.41, 5.74) is 1.14. The molecule has 14 heavy (non-hydrogen) atoms. The molecule has 0 radical (unpaired) electrons. The van der Waals surface area contributed by atoms with Crippen molar-refractivity contribution in [2.24, 2.45) is 7.05 Å². The van der Waals surface area contributed by atoms with Crippen molar-refractivity contribution >= 4 is 26.7 Å². The van der Waals surface area contributed by atoms with Crippen LogP contribution in [0.3, 0.4) is 0 Å². The van der Waals surface area contributed by atoms with Gasteiger partial charge in [-0.3, -0.25) is 4.79 Å². The molecular weight excluding hydrogens is 242 g/mol. The largest absolute Gasteiger partial charge is 0.318 e. The lowest BCUT2D eigenvalue weighted by Crippen LogP contribution is -2.15. The SMILES string of the molecule is Cc1cc(Br)c2ccn(C)c(=O)c2c1. The second-order valence-electron chi connectivity index (χ2n) is 3.44. The number of aromatic nitrogens is 1. The average Bonchev–Trinajstić information content (AvgIpc) is 2.12. The van der Waals surface area contributed by atoms with Gasteiger partial charge in [0, 0.05) is 28.5 Å². The Labute approximate surface area is 90.3 Å². The lowest BCUT2D eigenvalue weighted by atomic mass is 10.1. The Bertz CT molecular complexity index is 557. The summed E-state index contributed by atoms with van der Waals surface area (Å²) in [6.45, 7) is 1.98. The monoisotopic (exact) mass is 251 g/mol. The fraction of sp³-hybridized carbons (Fsp3) is 0.182. The molecule has 0 atom stereocenters. The van der Waals surface area contributed by atoms with Crippen LogP contribution in [-0.2, 0) is 7.05 Å². The second-order valence-corrected chi connectivity index (χ2v) is 4.29. The molecule has 0 amide bonds. The van der Waals surface area contributed by atoms with Crippen LogP contribution in [-0.4, -0.2) is 4.57 Å². The summed E-state index contributed by atoms with van der Waals surface area (Å²) in [6, 6.07) is 5.88. The normalized spacial score (nSPS) is 10.8. The quantitative estimate of drug-likeness (QED) is 0.706. The highest BCUT2D eigenvalue weighted by atomic mass is 79.9. The first kappa shape index (κ1) is 9.46. The van der Waals surface area contributed by atoms with Crippen LogP contribution >= 0.6 is 15.9 Å². The molecule has 0 N–H and O–H groups in total. The summed E-state index contributed by atoms with van der Waals surface area (Å²) in [5.74, 6) is 0. The predicted octanol–water partition coefficient (Wildman–Crippen LogP) is 2.61. The first-order valence-electron chi connectivity index (χ1n) is 4.35. The third-order valence-corrected chi connectivity index (χ3v) is 2.95. The van der Waals surface area contributed by atoms with Gasteiger partial charge in [0.1, 0.15) is 0 Å². The number of nitrogens with zero attached hydrogens (tertiary/aromatic N) is 1. The molecule has 2 rings (SSSR count). The van der Waals surface area contributed by atoms with Crippen molar-refractivity contribution in [3.8, 4) is 0 Å². The molecule has 0 aliphatic rings. The van der Waals surface area contributed by atoms with Gasteiger partial charge in [-0.1, -0.05) is 15.9 Å². The fourth-order valence-corrected chi connectivity index (χ4v) is 2.25. The average molecular weight is 252 g/mol. The Hall–Kier alpha value is -1.09. The van der Waals surface area contributed by atoms with E-state index >= 15 is 0 Å². The summed E-state index contributed by atoms with van der Waals surface area (Å²) < 4.78 is 2.57. The zero-order valence-electron chi connectivity index (χ0n) is 8.04. The first-order valence-corrected chi connectivity index (χ1v) is 5.14. The zero-order chi connectivity index (χ0) is 10.3. The molecule has 1 aromatic carbocycles. The van der Waals surface area contributed by atoms with Gasteiger partial charge >= 0.3 is 0 Å². The zero-order valence-corrected chi connectivity index (χ0v) is 9.63. The van der Waals surface area contributed by atoms with Crippen LogP contribution in [0.15, 0.2) is 33.7 Å². The van der Waals surface area contributed by atoms with Crippen LogP contribution in [0.4, 0.5) is 0 Å². The van der Waals surface area contributed by atoms with Gasteiger partial charge in [0.2, 0.25) is 0 Å². The van der Waals surface area contributed by atoms with E-state index in [1.54, 1.807) is 17.8 Å². The van der Waals surface area contributed by atoms with Gasteiger partial charge in [-0.15, -0.1) is 0 Å². The summed E-state index contributed by atoms with van der Waals surface area (Å²) in [4.78, 5) is 11.8. The topological polar surface area (TPSA) is 22.0 Å². The van der Waals surface area contributed by atoms with Crippen molar-refractivity contribution in [1.29, 1.82) is 0 Å². The van der Waals surface area contributed by atoms with E-state index in [9.17, 15) is 4.79 Å². The minimum Gasteiger partial charge on any atom is -0.318 e. The molecule has 0 aliphatic heterocycles. The highest BCUT2D eigenvalue weighted by Crippen LogP contribution is 2.22. The summed E-state index contributed by atoms with van der Waals surface area (Å²) in [5, 5.41) is 1.74. The van der Waals surface area contributed by atoms with Gasteiger partial charge in [-0.05, 0) is 30.7 Å². The molecule has 1 aromatic heterocycles. The van der Waals surface area contributed by atoms with Crippen molar-refractivity contribution in [1.82, 2.24) is 4.57 Å². The van der Waals surface area contributed by atoms with Gasteiger partial charge < -0.3 is 4.57 Å². The maximum atomic E-state index is 11.8. The number of hydrogen-bond donors (Lipinski definition) is 0. The number of halogens is 1. The van der Waals surface area contributed by atoms with E-state index in [2.05, 4.69) is 15.9 Å². The molecule has 0 unspecified atom stereocenters. The third-order valence-electron chi connectivity index (χ3n) is 2.29. The molecule has 0 bridgehead atoms. The van der Waals surface area contributed by atoms with Gasteiger partial charge in [0.25, 0.3) is 5.56 Å². The maximum absolute atomic E-state index is 11.8. The Morgan fingerprint density at radius 2 is 2.00 bits per heavy atom. The smallest absolute Gasteiger partial charge is 0.258 e. The van der Waals surface area contributed by atoms with Crippen LogP contribution in [0.2, 0.25) is 0 Å². The molecule has 3 heteroatoms. The third kappa shape index (κ3) is 1.38. The molecule has 0 saturated heterocycles. The van der Waals surface area contributed by atoms with Crippen LogP contribution in [0.1, 0.15) is 5.56 Å². The maximum Gasteiger partial charge on any atom is 0.258 e. The summed E-state index contributed by atoms with van der Waals surface area (Å²) >= 11 is 3.46. The number of aryl methyl sites for hydroxylation is 2. The van der Waals surface area contributed by atoms with E-state index in [1.165, 1.54) is 0 Å². The van der Waals surface area contributed by atoms with Gasteiger partial charge in [-0.2, -0.15) is 0 Å². The van der Waals surface area contributed by atoms with Crippen molar-refractivity contribution in [2.45, 2.75) is 6.92 Å². The highest BCUT2D eigenvalue weighted by molar-refractivity contribution is 9.10. The number of rotatable bonds is 0. The van der Waals surface area contributed by atoms with E-state index in [-0.39, 0.29) is 5.56 Å². The molecule has 0 saturated carbocycles. The van der Waals surface area contributed by atoms with Crippen molar-refractivity contribution < 1.29 is 0 Å². The summed E-state index contributed by atoms with van der Waals surface area (Å²) in [6.07, 6.45) is 1.78. The van der Waals surface area contributed by atoms with Crippen LogP contribution < -0.4 is 5.56 Å². The Morgan fingerprint density at radius 1 is 1.29 bits per heavy atom. The van der Waals surface area contributed by atoms with Crippen molar-refractivity contribution in [3.05, 3.63) is 44.8 Å². The molecule has 72 valence electrons. The van der Waals surface area contributed by atoms with Gasteiger partial charge in [-0.25, -0.2) is 0 Å². The first-order chi connectivity index (χ1) is 6.59. The van der Waals surface area contributed by atoms with Crippen LogP contribution in [0.5, 0.6) is 0 Å². The standard InChI is InChI=1S/C11H10BrNO/c1-7-5-9-8(10(12)6-7)3-4-13(2)11(9)14/h3-6H,1-2H3. The number of pyridine rings is 1. The molecule has 0 fully saturated rings. The van der Waals surface area contributed by atoms with Crippen LogP contribution in [0.25, 0.3) is 10.8 Å². The summed E-state index contributed by atoms with van der Waals surface area (Å²) in [7, 11) is 1.76.